The quantitative estimate of drug-likeness (QED) is 0.894. The Hall–Kier alpha value is -1.61. The molecule has 0 aliphatic rings. The predicted octanol–water partition coefficient (Wildman–Crippen LogP) is 2.99. The maximum absolute atomic E-state index is 4.44. The van der Waals surface area contributed by atoms with Crippen molar-refractivity contribution in [2.75, 3.05) is 0 Å². The molecule has 2 aromatic rings. The lowest BCUT2D eigenvalue weighted by Crippen LogP contribution is -2.21. The van der Waals surface area contributed by atoms with Gasteiger partial charge in [0.25, 0.3) is 0 Å². The highest BCUT2D eigenvalue weighted by molar-refractivity contribution is 5.44. The number of nitrogens with zero attached hydrogens (tertiary/aromatic N) is 2. The zero-order valence-corrected chi connectivity index (χ0v) is 11.6. The molecule has 0 unspecified atom stereocenters. The first-order valence-corrected chi connectivity index (χ1v) is 6.41. The number of hydrogen-bond donors (Lipinski definition) is 1. The highest BCUT2D eigenvalue weighted by Gasteiger charge is 2.05. The van der Waals surface area contributed by atoms with Gasteiger partial charge in [-0.3, -0.25) is 0 Å². The lowest BCUT2D eigenvalue weighted by atomic mass is 10.1. The highest BCUT2D eigenvalue weighted by Crippen LogP contribution is 2.17. The number of hydrogen-bond acceptors (Lipinski definition) is 2. The molecule has 0 saturated carbocycles. The van der Waals surface area contributed by atoms with E-state index >= 15 is 0 Å². The second-order valence-corrected chi connectivity index (χ2v) is 5.05. The van der Waals surface area contributed by atoms with Gasteiger partial charge in [0.05, 0.1) is 11.9 Å². The normalized spacial score (nSPS) is 11.2. The van der Waals surface area contributed by atoms with Crippen LogP contribution in [0.4, 0.5) is 0 Å². The van der Waals surface area contributed by atoms with E-state index in [-0.39, 0.29) is 0 Å². The fourth-order valence-corrected chi connectivity index (χ4v) is 1.89. The summed E-state index contributed by atoms with van der Waals surface area (Å²) in [5, 5.41) is 7.84. The Labute approximate surface area is 109 Å². The average molecular weight is 243 g/mol. The molecular formula is C15H21N3. The van der Waals surface area contributed by atoms with E-state index in [2.05, 4.69) is 62.5 Å². The Kier molecular flexibility index (Phi) is 3.82. The van der Waals surface area contributed by atoms with Gasteiger partial charge in [-0.2, -0.15) is 5.10 Å². The van der Waals surface area contributed by atoms with Crippen LogP contribution in [0.25, 0.3) is 5.69 Å². The van der Waals surface area contributed by atoms with Crippen LogP contribution in [-0.4, -0.2) is 15.8 Å². The standard InChI is InChI=1S/C15H21N3/c1-11(2)16-8-14-9-17-18(10-14)15-7-5-6-12(3)13(15)4/h5-7,9-11,16H,8H2,1-4H3. The van der Waals surface area contributed by atoms with Crippen molar-refractivity contribution in [2.45, 2.75) is 40.3 Å². The van der Waals surface area contributed by atoms with E-state index in [0.717, 1.165) is 12.2 Å². The summed E-state index contributed by atoms with van der Waals surface area (Å²) in [6.07, 6.45) is 4.02. The maximum Gasteiger partial charge on any atom is 0.0677 e. The lowest BCUT2D eigenvalue weighted by Gasteiger charge is -2.08. The van der Waals surface area contributed by atoms with Gasteiger partial charge in [-0.15, -0.1) is 0 Å². The minimum Gasteiger partial charge on any atom is -0.310 e. The molecule has 0 atom stereocenters. The van der Waals surface area contributed by atoms with Crippen molar-refractivity contribution in [1.82, 2.24) is 15.1 Å². The Morgan fingerprint density at radius 3 is 2.78 bits per heavy atom. The first kappa shape index (κ1) is 12.8. The van der Waals surface area contributed by atoms with E-state index < -0.39 is 0 Å². The first-order chi connectivity index (χ1) is 8.58. The molecule has 1 heterocycles. The number of aryl methyl sites for hydroxylation is 1. The van der Waals surface area contributed by atoms with Crippen LogP contribution in [0.1, 0.15) is 30.5 Å². The van der Waals surface area contributed by atoms with Crippen molar-refractivity contribution in [3.8, 4) is 5.69 Å². The van der Waals surface area contributed by atoms with Crippen LogP contribution < -0.4 is 5.32 Å². The third kappa shape index (κ3) is 2.79. The number of benzene rings is 1. The molecule has 96 valence electrons. The molecule has 3 heteroatoms. The molecule has 0 amide bonds. The van der Waals surface area contributed by atoms with E-state index in [1.807, 2.05) is 10.9 Å². The monoisotopic (exact) mass is 243 g/mol. The molecule has 0 radical (unpaired) electrons. The molecule has 0 aliphatic carbocycles. The summed E-state index contributed by atoms with van der Waals surface area (Å²) in [5.74, 6) is 0. The average Bonchev–Trinajstić information content (AvgIpc) is 2.78. The maximum atomic E-state index is 4.44. The number of nitrogens with one attached hydrogen (secondary N) is 1. The van der Waals surface area contributed by atoms with Gasteiger partial charge < -0.3 is 5.32 Å². The second-order valence-electron chi connectivity index (χ2n) is 5.05. The molecule has 1 aromatic heterocycles. The van der Waals surface area contributed by atoms with E-state index in [1.54, 1.807) is 0 Å². The fourth-order valence-electron chi connectivity index (χ4n) is 1.89. The Bertz CT molecular complexity index is 526. The molecule has 0 spiro atoms. The van der Waals surface area contributed by atoms with Crippen molar-refractivity contribution < 1.29 is 0 Å². The van der Waals surface area contributed by atoms with E-state index in [9.17, 15) is 0 Å². The summed E-state index contributed by atoms with van der Waals surface area (Å²) < 4.78 is 1.96. The SMILES string of the molecule is Cc1cccc(-n2cc(CNC(C)C)cn2)c1C. The zero-order chi connectivity index (χ0) is 13.1. The van der Waals surface area contributed by atoms with Gasteiger partial charge >= 0.3 is 0 Å². The van der Waals surface area contributed by atoms with Gasteiger partial charge in [0.1, 0.15) is 0 Å². The second kappa shape index (κ2) is 5.36. The Morgan fingerprint density at radius 1 is 1.28 bits per heavy atom. The van der Waals surface area contributed by atoms with Crippen LogP contribution >= 0.6 is 0 Å². The summed E-state index contributed by atoms with van der Waals surface area (Å²) in [7, 11) is 0. The fraction of sp³-hybridized carbons (Fsp3) is 0.400. The van der Waals surface area contributed by atoms with Crippen LogP contribution in [0, 0.1) is 13.8 Å². The van der Waals surface area contributed by atoms with Crippen molar-refractivity contribution in [1.29, 1.82) is 0 Å². The van der Waals surface area contributed by atoms with Crippen molar-refractivity contribution in [2.24, 2.45) is 0 Å². The van der Waals surface area contributed by atoms with Gasteiger partial charge in [0.2, 0.25) is 0 Å². The van der Waals surface area contributed by atoms with Crippen molar-refractivity contribution >= 4 is 0 Å². The van der Waals surface area contributed by atoms with Crippen LogP contribution in [-0.2, 0) is 6.54 Å². The van der Waals surface area contributed by atoms with Crippen LogP contribution in [0.2, 0.25) is 0 Å². The number of aromatic nitrogens is 2. The molecule has 18 heavy (non-hydrogen) atoms. The molecule has 2 rings (SSSR count). The van der Waals surface area contributed by atoms with Gasteiger partial charge in [-0.25, -0.2) is 4.68 Å². The lowest BCUT2D eigenvalue weighted by molar-refractivity contribution is 0.589. The predicted molar refractivity (Wildman–Crippen MR) is 75.0 cm³/mol. The zero-order valence-electron chi connectivity index (χ0n) is 11.6. The Balaban J connectivity index is 2.21. The van der Waals surface area contributed by atoms with Crippen molar-refractivity contribution in [3.63, 3.8) is 0 Å². The summed E-state index contributed by atoms with van der Waals surface area (Å²) >= 11 is 0. The minimum absolute atomic E-state index is 0.494. The van der Waals surface area contributed by atoms with Gasteiger partial charge in [-0.05, 0) is 31.0 Å². The van der Waals surface area contributed by atoms with Gasteiger partial charge in [0.15, 0.2) is 0 Å². The topological polar surface area (TPSA) is 29.9 Å². The van der Waals surface area contributed by atoms with Crippen LogP contribution in [0.3, 0.4) is 0 Å². The summed E-state index contributed by atoms with van der Waals surface area (Å²) in [4.78, 5) is 0. The first-order valence-electron chi connectivity index (χ1n) is 6.41. The molecule has 1 N–H and O–H groups in total. The highest BCUT2D eigenvalue weighted by atomic mass is 15.3. The Morgan fingerprint density at radius 2 is 2.06 bits per heavy atom. The third-order valence-corrected chi connectivity index (χ3v) is 3.17. The summed E-state index contributed by atoms with van der Waals surface area (Å²) in [5.41, 5.74) is 4.95. The van der Waals surface area contributed by atoms with E-state index in [4.69, 9.17) is 0 Å². The van der Waals surface area contributed by atoms with Gasteiger partial charge in [-0.1, -0.05) is 26.0 Å². The van der Waals surface area contributed by atoms with Crippen LogP contribution in [0.5, 0.6) is 0 Å². The molecule has 0 bridgehead atoms. The van der Waals surface area contributed by atoms with E-state index in [1.165, 1.54) is 16.7 Å². The molecule has 0 saturated heterocycles. The molecular weight excluding hydrogens is 222 g/mol. The molecule has 1 aromatic carbocycles. The minimum atomic E-state index is 0.494. The molecule has 3 nitrogen and oxygen atoms in total. The number of rotatable bonds is 4. The molecule has 0 aliphatic heterocycles. The van der Waals surface area contributed by atoms with Gasteiger partial charge in [0, 0.05) is 24.3 Å². The molecule has 0 fully saturated rings. The van der Waals surface area contributed by atoms with Crippen molar-refractivity contribution in [3.05, 3.63) is 47.3 Å². The summed E-state index contributed by atoms with van der Waals surface area (Å²) in [6.45, 7) is 9.43. The smallest absolute Gasteiger partial charge is 0.0677 e. The van der Waals surface area contributed by atoms with E-state index in [0.29, 0.717) is 6.04 Å². The third-order valence-electron chi connectivity index (χ3n) is 3.17. The largest absolute Gasteiger partial charge is 0.310 e. The van der Waals surface area contributed by atoms with Crippen LogP contribution in [0.15, 0.2) is 30.6 Å². The summed E-state index contributed by atoms with van der Waals surface area (Å²) in [6, 6.07) is 6.80.